The Balaban J connectivity index is 1.68. The Labute approximate surface area is 246 Å². The van der Waals surface area contributed by atoms with E-state index in [1.54, 1.807) is 0 Å². The van der Waals surface area contributed by atoms with Crippen molar-refractivity contribution >= 4 is 17.6 Å². The summed E-state index contributed by atoms with van der Waals surface area (Å²) in [5.74, 6) is 0.956. The molecular weight excluding hydrogens is 540 g/mol. The molecule has 2 atom stereocenters. The molecule has 0 fully saturated rings. The van der Waals surface area contributed by atoms with Gasteiger partial charge in [-0.3, -0.25) is 9.69 Å². The highest BCUT2D eigenvalue weighted by Crippen LogP contribution is 2.34. The molecule has 11 heteroatoms. The van der Waals surface area contributed by atoms with Crippen LogP contribution in [0.1, 0.15) is 62.2 Å². The van der Waals surface area contributed by atoms with Crippen LogP contribution in [0.25, 0.3) is 22.5 Å². The molecule has 0 spiro atoms. The number of rotatable bonds is 15. The zero-order valence-electron chi connectivity index (χ0n) is 23.9. The Morgan fingerprint density at radius 3 is 2.59 bits per heavy atom. The fourth-order valence-electron chi connectivity index (χ4n) is 4.84. The summed E-state index contributed by atoms with van der Waals surface area (Å²) in [6, 6.07) is 15.7. The minimum absolute atomic E-state index is 0.308. The first-order chi connectivity index (χ1) is 19.9. The molecule has 0 radical (unpaired) electrons. The SMILES string of the molecule is CCCCc1nc(Cl)c([C@@H](Cc2ccc(-c3ccccc3)c(-c3nn[nH]n3)c2)OC(=O)[C@@H](CCCCN)N(C)C)[nH]1. The predicted octanol–water partition coefficient (Wildman–Crippen LogP) is 5.14. The van der Waals surface area contributed by atoms with Gasteiger partial charge in [-0.1, -0.05) is 73.8 Å². The third-order valence-electron chi connectivity index (χ3n) is 7.09. The molecule has 2 aromatic carbocycles. The summed E-state index contributed by atoms with van der Waals surface area (Å²) in [6.45, 7) is 2.71. The Hall–Kier alpha value is -3.60. The number of aromatic nitrogens is 6. The average Bonchev–Trinajstić information content (AvgIpc) is 3.64. The predicted molar refractivity (Wildman–Crippen MR) is 160 cm³/mol. The first-order valence-electron chi connectivity index (χ1n) is 14.1. The number of ether oxygens (including phenoxy) is 1. The molecule has 0 saturated carbocycles. The number of carbonyl (C=O) groups is 1. The average molecular weight is 579 g/mol. The second kappa shape index (κ2) is 14.9. The van der Waals surface area contributed by atoms with Crippen molar-refractivity contribution in [2.45, 2.75) is 64.0 Å². The molecule has 0 aliphatic carbocycles. The number of tetrazole rings is 1. The highest BCUT2D eigenvalue weighted by molar-refractivity contribution is 6.30. The quantitative estimate of drug-likeness (QED) is 0.130. The number of benzene rings is 2. The van der Waals surface area contributed by atoms with Crippen LogP contribution in [-0.4, -0.2) is 68.1 Å². The molecule has 0 aliphatic rings. The number of likely N-dealkylation sites (N-methyl/N-ethyl adjacent to an activating group) is 1. The number of imidazole rings is 1. The maximum absolute atomic E-state index is 13.5. The lowest BCUT2D eigenvalue weighted by atomic mass is 9.95. The lowest BCUT2D eigenvalue weighted by molar-refractivity contribution is -0.155. The summed E-state index contributed by atoms with van der Waals surface area (Å²) in [7, 11) is 3.77. The van der Waals surface area contributed by atoms with Crippen molar-refractivity contribution in [2.75, 3.05) is 20.6 Å². The van der Waals surface area contributed by atoms with E-state index in [9.17, 15) is 4.79 Å². The highest BCUT2D eigenvalue weighted by Gasteiger charge is 2.29. The number of nitrogens with two attached hydrogens (primary N) is 1. The number of aryl methyl sites for hydroxylation is 1. The molecule has 10 nitrogen and oxygen atoms in total. The van der Waals surface area contributed by atoms with E-state index < -0.39 is 12.1 Å². The number of carbonyl (C=O) groups excluding carboxylic acids is 1. The topological polar surface area (TPSA) is 139 Å². The number of esters is 1. The summed E-state index contributed by atoms with van der Waals surface area (Å²) in [5.41, 5.74) is 10.0. The van der Waals surface area contributed by atoms with Crippen LogP contribution in [0.5, 0.6) is 0 Å². The van der Waals surface area contributed by atoms with Crippen molar-refractivity contribution in [2.24, 2.45) is 5.73 Å². The third kappa shape index (κ3) is 8.00. The van der Waals surface area contributed by atoms with E-state index in [0.717, 1.165) is 60.2 Å². The summed E-state index contributed by atoms with van der Waals surface area (Å²) >= 11 is 6.64. The van der Waals surface area contributed by atoms with Crippen molar-refractivity contribution in [1.82, 2.24) is 35.5 Å². The minimum atomic E-state index is -0.671. The second-order valence-electron chi connectivity index (χ2n) is 10.4. The lowest BCUT2D eigenvalue weighted by Gasteiger charge is -2.26. The largest absolute Gasteiger partial charge is 0.454 e. The van der Waals surface area contributed by atoms with E-state index in [-0.39, 0.29) is 5.97 Å². The van der Waals surface area contributed by atoms with Gasteiger partial charge in [-0.05, 0) is 67.9 Å². The lowest BCUT2D eigenvalue weighted by Crippen LogP contribution is -2.38. The van der Waals surface area contributed by atoms with Crippen LogP contribution >= 0.6 is 11.6 Å². The Morgan fingerprint density at radius 2 is 1.90 bits per heavy atom. The van der Waals surface area contributed by atoms with E-state index in [1.165, 1.54) is 0 Å². The molecule has 2 aromatic heterocycles. The van der Waals surface area contributed by atoms with Gasteiger partial charge in [0.2, 0.25) is 5.82 Å². The molecule has 0 unspecified atom stereocenters. The molecular formula is C30H39ClN8O2. The van der Waals surface area contributed by atoms with Crippen LogP contribution in [0.2, 0.25) is 5.15 Å². The molecule has 4 N–H and O–H groups in total. The highest BCUT2D eigenvalue weighted by atomic mass is 35.5. The van der Waals surface area contributed by atoms with Crippen LogP contribution in [0.3, 0.4) is 0 Å². The number of unbranched alkanes of at least 4 members (excludes halogenated alkanes) is 2. The number of nitrogens with zero attached hydrogens (tertiary/aromatic N) is 5. The number of halogens is 1. The zero-order valence-corrected chi connectivity index (χ0v) is 24.7. The number of aromatic amines is 2. The Bertz CT molecular complexity index is 1370. The molecule has 0 bridgehead atoms. The minimum Gasteiger partial charge on any atom is -0.454 e. The van der Waals surface area contributed by atoms with Gasteiger partial charge in [0.05, 0.1) is 5.69 Å². The van der Waals surface area contributed by atoms with Gasteiger partial charge in [0.15, 0.2) is 5.15 Å². The van der Waals surface area contributed by atoms with Crippen molar-refractivity contribution in [3.05, 3.63) is 70.8 Å². The van der Waals surface area contributed by atoms with E-state index in [0.29, 0.717) is 36.1 Å². The second-order valence-corrected chi connectivity index (χ2v) is 10.7. The maximum atomic E-state index is 13.5. The van der Waals surface area contributed by atoms with Crippen molar-refractivity contribution in [3.8, 4) is 22.5 Å². The molecule has 41 heavy (non-hydrogen) atoms. The fraction of sp³-hybridized carbons (Fsp3) is 0.433. The summed E-state index contributed by atoms with van der Waals surface area (Å²) < 4.78 is 6.22. The van der Waals surface area contributed by atoms with Gasteiger partial charge in [-0.25, -0.2) is 4.98 Å². The normalized spacial score (nSPS) is 12.9. The third-order valence-corrected chi connectivity index (χ3v) is 7.37. The van der Waals surface area contributed by atoms with Crippen LogP contribution in [0.15, 0.2) is 48.5 Å². The van der Waals surface area contributed by atoms with Crippen molar-refractivity contribution in [3.63, 3.8) is 0 Å². The van der Waals surface area contributed by atoms with Crippen LogP contribution in [0.4, 0.5) is 0 Å². The number of nitrogens with one attached hydrogen (secondary N) is 2. The number of H-pyrrole nitrogens is 2. The molecule has 4 rings (SSSR count). The number of hydrogen-bond acceptors (Lipinski definition) is 8. The van der Waals surface area contributed by atoms with Crippen molar-refractivity contribution in [1.29, 1.82) is 0 Å². The van der Waals surface area contributed by atoms with Gasteiger partial charge in [-0.15, -0.1) is 10.2 Å². The molecule has 2 heterocycles. The van der Waals surface area contributed by atoms with Gasteiger partial charge in [0, 0.05) is 18.4 Å². The Morgan fingerprint density at radius 1 is 1.10 bits per heavy atom. The van der Waals surface area contributed by atoms with Crippen molar-refractivity contribution < 1.29 is 9.53 Å². The van der Waals surface area contributed by atoms with Gasteiger partial charge < -0.3 is 15.5 Å². The van der Waals surface area contributed by atoms with E-state index in [4.69, 9.17) is 22.1 Å². The van der Waals surface area contributed by atoms with Gasteiger partial charge in [-0.2, -0.15) is 5.21 Å². The van der Waals surface area contributed by atoms with Gasteiger partial charge in [0.25, 0.3) is 0 Å². The first kappa shape index (κ1) is 30.4. The molecule has 4 aromatic rings. The Kier molecular flexibility index (Phi) is 11.0. The smallest absolute Gasteiger partial charge is 0.324 e. The summed E-state index contributed by atoms with van der Waals surface area (Å²) in [4.78, 5) is 23.3. The van der Waals surface area contributed by atoms with Crippen LogP contribution in [-0.2, 0) is 22.4 Å². The standard InChI is InChI=1S/C30H39ClN8O2/c1-4-5-14-26-33-27(28(31)34-26)25(41-30(40)24(39(2)3)13-9-10-17-32)19-20-15-16-22(21-11-7-6-8-12-21)23(18-20)29-35-37-38-36-29/h6-8,11-12,15-16,18,24-25H,4-5,9-10,13-14,17,19,32H2,1-3H3,(H,33,34)(H,35,36,37,38)/t24-,25-/m1/s1. The zero-order chi connectivity index (χ0) is 29.2. The summed E-state index contributed by atoms with van der Waals surface area (Å²) in [6.07, 6.45) is 4.82. The van der Waals surface area contributed by atoms with Crippen LogP contribution in [0, 0.1) is 0 Å². The number of hydrogen-bond donors (Lipinski definition) is 3. The molecule has 218 valence electrons. The monoisotopic (exact) mass is 578 g/mol. The van der Waals surface area contributed by atoms with Gasteiger partial charge in [0.1, 0.15) is 18.0 Å². The van der Waals surface area contributed by atoms with Crippen LogP contribution < -0.4 is 5.73 Å². The van der Waals surface area contributed by atoms with E-state index in [1.807, 2.05) is 67.5 Å². The fourth-order valence-corrected chi connectivity index (χ4v) is 5.11. The molecule has 0 amide bonds. The molecule has 0 aliphatic heterocycles. The molecule has 0 saturated heterocycles. The van der Waals surface area contributed by atoms with Gasteiger partial charge >= 0.3 is 5.97 Å². The summed E-state index contributed by atoms with van der Waals surface area (Å²) in [5, 5.41) is 15.1. The first-order valence-corrected chi connectivity index (χ1v) is 14.5. The van der Waals surface area contributed by atoms with E-state index >= 15 is 0 Å². The maximum Gasteiger partial charge on any atom is 0.324 e. The van der Waals surface area contributed by atoms with E-state index in [2.05, 4.69) is 37.5 Å².